The molecule has 12 fully saturated rings. The number of carbonyl (C=O) groups is 4. The minimum atomic E-state index is -0.828. The second-order valence-electron chi connectivity index (χ2n) is 43.3. The Morgan fingerprint density at radius 3 is 1.00 bits per heavy atom. The first-order valence-electron chi connectivity index (χ1n) is 47.3. The number of aliphatic hydroxyl groups is 6. The first kappa shape index (κ1) is 105. The molecule has 125 heavy (non-hydrogen) atoms. The molecule has 15 rings (SSSR count). The molecule has 6 bridgehead atoms. The van der Waals surface area contributed by atoms with Crippen LogP contribution in [0.25, 0.3) is 0 Å². The van der Waals surface area contributed by atoms with E-state index in [1.165, 1.54) is 30.4 Å². The van der Waals surface area contributed by atoms with Crippen LogP contribution in [0.2, 0.25) is 0 Å². The van der Waals surface area contributed by atoms with E-state index in [0.29, 0.717) is 118 Å². The number of nitrogens with zero attached hydrogens (tertiary/aromatic N) is 6. The fraction of sp³-hybridized carbons (Fsp3) is 0.780. The van der Waals surface area contributed by atoms with Gasteiger partial charge in [0.15, 0.2) is 0 Å². The fourth-order valence-electron chi connectivity index (χ4n) is 23.6. The summed E-state index contributed by atoms with van der Waals surface area (Å²) in [6.45, 7) is 44.1. The highest BCUT2D eigenvalue weighted by molar-refractivity contribution is 5.84. The Morgan fingerprint density at radius 2 is 0.744 bits per heavy atom. The first-order valence-corrected chi connectivity index (χ1v) is 47.3. The summed E-state index contributed by atoms with van der Waals surface area (Å²) in [4.78, 5) is 77.4. The van der Waals surface area contributed by atoms with Crippen LogP contribution in [0.15, 0.2) is 72.8 Å². The summed E-state index contributed by atoms with van der Waals surface area (Å²) in [7, 11) is 12.5. The minimum Gasteiger partial charge on any atom is -0.394 e. The van der Waals surface area contributed by atoms with Gasteiger partial charge in [0.25, 0.3) is 0 Å². The highest BCUT2D eigenvalue weighted by atomic mass is 16.7. The van der Waals surface area contributed by atoms with Crippen LogP contribution in [0, 0.1) is 105 Å². The molecule has 3 heterocycles. The molecule has 3 saturated heterocycles. The number of hydroxylamine groups is 6. The number of carbonyl (C=O) groups excluding carboxylic acids is 4. The van der Waals surface area contributed by atoms with Crippen molar-refractivity contribution in [1.29, 1.82) is 0 Å². The highest BCUT2D eigenvalue weighted by Crippen LogP contribution is 2.63. The van der Waals surface area contributed by atoms with Gasteiger partial charge in [-0.25, -0.2) is 0 Å². The Bertz CT molecular complexity index is 3630. The van der Waals surface area contributed by atoms with Gasteiger partial charge in [-0.2, -0.15) is 15.2 Å². The average molecular weight is 1750 g/mol. The number of hydrogen-bond acceptors (Lipinski definition) is 22. The van der Waals surface area contributed by atoms with Crippen molar-refractivity contribution in [3.8, 4) is 0 Å². The van der Waals surface area contributed by atoms with Crippen LogP contribution in [-0.4, -0.2) is 257 Å². The SMILES string of the molecule is C.CC(C)CC(CN(C)C)NCc1cccc(CN2O[C@@H](CO)C([C@H](C)O)[C@H]2C(=O)NC2CC3CC([C@@H]2C)C3(C)C)c1.CC(C)CC(CN(C)C)NCc1cccc(CN2O[C@@H](CO)C([C@H](C)O)[C@H]2C(=O)NC2CC3CC([C@@H]2C)C3(C)C)c1.CC(C)C[C@@H](N)CN(C)C.C[C@@H]1C(NC(=O)[C@@H]2C([C@H](C)O)[C@H](CO)ON2Cc2cccc(C=O)c2)CC2CC1C2(C)C. The summed E-state index contributed by atoms with van der Waals surface area (Å²) in [5, 5.41) is 84.4. The van der Waals surface area contributed by atoms with Crippen LogP contribution in [-0.2, 0) is 61.6 Å². The molecule has 9 aliphatic carbocycles. The first-order chi connectivity index (χ1) is 58.3. The molecular weight excluding hydrogens is 1580 g/mol. The van der Waals surface area contributed by atoms with E-state index in [2.05, 4.69) is 224 Å². The Labute approximate surface area is 753 Å². The van der Waals surface area contributed by atoms with Crippen LogP contribution >= 0.6 is 0 Å². The van der Waals surface area contributed by atoms with E-state index >= 15 is 0 Å². The zero-order valence-electron chi connectivity index (χ0n) is 80.3. The highest BCUT2D eigenvalue weighted by Gasteiger charge is 2.61. The third kappa shape index (κ3) is 26.7. The van der Waals surface area contributed by atoms with Gasteiger partial charge in [-0.05, 0) is 242 Å². The third-order valence-electron chi connectivity index (χ3n) is 30.5. The molecule has 3 aliphatic heterocycles. The zero-order chi connectivity index (χ0) is 91.5. The van der Waals surface area contributed by atoms with Gasteiger partial charge in [0.2, 0.25) is 17.7 Å². The topological polar surface area (TPSA) is 323 Å². The van der Waals surface area contributed by atoms with Crippen molar-refractivity contribution in [2.75, 3.05) is 81.7 Å². The van der Waals surface area contributed by atoms with Crippen LogP contribution in [0.1, 0.15) is 228 Å². The summed E-state index contributed by atoms with van der Waals surface area (Å²) < 4.78 is 0. The minimum absolute atomic E-state index is 0. The van der Waals surface area contributed by atoms with E-state index in [1.54, 1.807) is 54.2 Å². The van der Waals surface area contributed by atoms with Crippen molar-refractivity contribution >= 4 is 24.0 Å². The molecule has 3 amide bonds. The van der Waals surface area contributed by atoms with Crippen molar-refractivity contribution in [2.24, 2.45) is 111 Å². The quantitative estimate of drug-likeness (QED) is 0.0239. The lowest BCUT2D eigenvalue weighted by Crippen LogP contribution is -2.62. The summed E-state index contributed by atoms with van der Waals surface area (Å²) in [5.41, 5.74) is 12.6. The van der Waals surface area contributed by atoms with Crippen LogP contribution in [0.5, 0.6) is 0 Å². The van der Waals surface area contributed by atoms with Gasteiger partial charge < -0.3 is 77.7 Å². The monoisotopic (exact) mass is 1750 g/mol. The number of hydrogen-bond donors (Lipinski definition) is 12. The van der Waals surface area contributed by atoms with Gasteiger partial charge in [0.05, 0.1) is 57.8 Å². The Morgan fingerprint density at radius 1 is 0.456 bits per heavy atom. The number of aldehydes is 1. The fourth-order valence-corrected chi connectivity index (χ4v) is 23.6. The van der Waals surface area contributed by atoms with Crippen LogP contribution in [0.3, 0.4) is 0 Å². The standard InChI is InChI=1S/2C33H56N4O4.C25H36N2O5.C8H20N2.CH4/c2*1-20(2)12-26(18-36(7)8)34-16-23-10-9-11-24(13-23)17-37-31(30(22(4)39)29(19-38)41-37)32(40)35-28-15-25-14-27(21(28)3)33(25,5)6;1-14-19-9-18(25(19,3)4)10-20(14)26-24(31)23-22(15(2)30)21(13-29)32-27(23)11-16-6-5-7-17(8-16)12-28;1-7(2)5-8(9)6-10(3)4;/h2*9-11,13,20-22,25-31,34,38-39H,12,14-19H2,1-8H3,(H,35,40);5-8,12,14-15,18-23,29-30H,9-11,13H2,1-4H3,(H,26,31);7-8H,5-6,9H2,1-4H3;1H4/t2*21-,22-,25?,26?,27?,28?,29-,30?,31-;14-,15-,18?,19?,20?,21-,22?,23-;8-;/m0001./s1. The van der Waals surface area contributed by atoms with Gasteiger partial charge in [-0.15, -0.1) is 0 Å². The second kappa shape index (κ2) is 46.4. The van der Waals surface area contributed by atoms with E-state index in [-0.39, 0.29) is 69.6 Å². The summed E-state index contributed by atoms with van der Waals surface area (Å²) in [6.07, 6.45) is 6.46. The molecule has 710 valence electrons. The maximum absolute atomic E-state index is 13.9. The van der Waals surface area contributed by atoms with E-state index in [9.17, 15) is 49.8 Å². The van der Waals surface area contributed by atoms with E-state index in [4.69, 9.17) is 20.2 Å². The van der Waals surface area contributed by atoms with Crippen LogP contribution in [0.4, 0.5) is 0 Å². The van der Waals surface area contributed by atoms with Gasteiger partial charge in [-0.1, -0.05) is 178 Å². The number of likely N-dealkylation sites (N-methyl/N-ethyl adjacent to an activating group) is 3. The largest absolute Gasteiger partial charge is 0.394 e. The normalized spacial score (nSPS) is 32.0. The van der Waals surface area contributed by atoms with Crippen molar-refractivity contribution in [3.05, 3.63) is 106 Å². The molecule has 0 radical (unpaired) electrons. The molecule has 25 nitrogen and oxygen atoms in total. The number of rotatable bonds is 37. The molecule has 3 aromatic rings. The maximum atomic E-state index is 13.9. The van der Waals surface area contributed by atoms with Crippen molar-refractivity contribution in [1.82, 2.24) is 56.5 Å². The number of fused-ring (bicyclic) bond motifs is 6. The van der Waals surface area contributed by atoms with E-state index < -0.39 is 72.5 Å². The zero-order valence-corrected chi connectivity index (χ0v) is 80.3. The van der Waals surface area contributed by atoms with Gasteiger partial charge >= 0.3 is 0 Å². The number of nitrogens with one attached hydrogen (secondary N) is 5. The van der Waals surface area contributed by atoms with E-state index in [0.717, 1.165) is 100 Å². The molecule has 3 aromatic carbocycles. The average Bonchev–Trinajstić information content (AvgIpc) is 1.22. The Hall–Kier alpha value is -4.98. The molecular formula is C100H172N12O13. The predicted octanol–water partition coefficient (Wildman–Crippen LogP) is 10.5. The van der Waals surface area contributed by atoms with E-state index in [1.807, 2.05) is 18.2 Å². The molecule has 0 aromatic heterocycles. The summed E-state index contributed by atoms with van der Waals surface area (Å²) >= 11 is 0. The number of nitrogens with two attached hydrogens (primary N) is 1. The van der Waals surface area contributed by atoms with Crippen molar-refractivity contribution in [2.45, 2.75) is 314 Å². The maximum Gasteiger partial charge on any atom is 0.240 e. The Kier molecular flexibility index (Phi) is 39.1. The molecule has 0 spiro atoms. The van der Waals surface area contributed by atoms with Crippen LogP contribution < -0.4 is 32.3 Å². The number of aliphatic hydroxyl groups excluding tert-OH is 6. The van der Waals surface area contributed by atoms with Crippen molar-refractivity contribution in [3.63, 3.8) is 0 Å². The molecule has 12 aliphatic rings. The molecule has 9 saturated carbocycles. The lowest BCUT2D eigenvalue weighted by molar-refractivity contribution is -0.183. The molecule has 25 heteroatoms. The molecule has 27 atom stereocenters. The summed E-state index contributed by atoms with van der Waals surface area (Å²) in [6, 6.07) is 23.3. The predicted molar refractivity (Wildman–Crippen MR) is 497 cm³/mol. The molecule has 14 unspecified atom stereocenters. The third-order valence-corrected chi connectivity index (χ3v) is 30.5. The van der Waals surface area contributed by atoms with Gasteiger partial charge in [-0.3, -0.25) is 33.7 Å². The lowest BCUT2D eigenvalue weighted by Gasteiger charge is -2.62. The van der Waals surface area contributed by atoms with Gasteiger partial charge in [0, 0.05) is 92.3 Å². The smallest absolute Gasteiger partial charge is 0.240 e. The Balaban J connectivity index is 0.000000220. The van der Waals surface area contributed by atoms with Crippen molar-refractivity contribution < 1.29 is 64.3 Å². The second-order valence-corrected chi connectivity index (χ2v) is 43.3. The number of benzene rings is 3. The summed E-state index contributed by atoms with van der Waals surface area (Å²) in [5.74, 6) is 4.90. The van der Waals surface area contributed by atoms with Gasteiger partial charge in [0.1, 0.15) is 42.7 Å². The molecule has 13 N–H and O–H groups in total. The lowest BCUT2D eigenvalue weighted by atomic mass is 9.45. The number of amides is 3.